The van der Waals surface area contributed by atoms with E-state index in [1.165, 1.54) is 43.3 Å². The van der Waals surface area contributed by atoms with E-state index in [2.05, 4.69) is 10.6 Å². The van der Waals surface area contributed by atoms with Crippen LogP contribution < -0.4 is 10.6 Å². The van der Waals surface area contributed by atoms with Crippen LogP contribution in [0.3, 0.4) is 0 Å². The highest BCUT2D eigenvalue weighted by Crippen LogP contribution is 2.11. The van der Waals surface area contributed by atoms with Gasteiger partial charge in [0.2, 0.25) is 11.8 Å². The van der Waals surface area contributed by atoms with Crippen molar-refractivity contribution in [3.05, 3.63) is 71.3 Å². The van der Waals surface area contributed by atoms with E-state index in [9.17, 15) is 28.3 Å². The maximum Gasteiger partial charge on any atom is 0.326 e. The summed E-state index contributed by atoms with van der Waals surface area (Å²) in [5, 5.41) is 14.1. The van der Waals surface area contributed by atoms with Gasteiger partial charge in [-0.15, -0.1) is 0 Å². The SMILES string of the molecule is CC(=O)N[C@@H](Cc1cccc(F)c1)C(=O)N[C@H](Cc1ccccc1F)C(=O)O. The van der Waals surface area contributed by atoms with Crippen molar-refractivity contribution in [2.24, 2.45) is 0 Å². The number of rotatable bonds is 8. The number of aliphatic carboxylic acids is 1. The number of hydrogen-bond donors (Lipinski definition) is 3. The Morgan fingerprint density at radius 3 is 2.29 bits per heavy atom. The van der Waals surface area contributed by atoms with Crippen LogP contribution in [0, 0.1) is 11.6 Å². The first-order valence-electron chi connectivity index (χ1n) is 8.54. The summed E-state index contributed by atoms with van der Waals surface area (Å²) in [4.78, 5) is 35.5. The fraction of sp³-hybridized carbons (Fsp3) is 0.250. The van der Waals surface area contributed by atoms with Crippen molar-refractivity contribution < 1.29 is 28.3 Å². The Morgan fingerprint density at radius 1 is 0.964 bits per heavy atom. The Bertz CT molecular complexity index is 873. The van der Waals surface area contributed by atoms with Gasteiger partial charge in [0, 0.05) is 19.8 Å². The largest absolute Gasteiger partial charge is 0.480 e. The summed E-state index contributed by atoms with van der Waals surface area (Å²) < 4.78 is 27.2. The lowest BCUT2D eigenvalue weighted by Crippen LogP contribution is -2.52. The van der Waals surface area contributed by atoms with Crippen LogP contribution in [0.4, 0.5) is 8.78 Å². The van der Waals surface area contributed by atoms with Crippen LogP contribution in [0.25, 0.3) is 0 Å². The minimum Gasteiger partial charge on any atom is -0.480 e. The van der Waals surface area contributed by atoms with Crippen molar-refractivity contribution >= 4 is 17.8 Å². The van der Waals surface area contributed by atoms with Crippen LogP contribution in [-0.4, -0.2) is 35.0 Å². The van der Waals surface area contributed by atoms with Crippen LogP contribution in [0.1, 0.15) is 18.1 Å². The summed E-state index contributed by atoms with van der Waals surface area (Å²) in [6.45, 7) is 1.21. The van der Waals surface area contributed by atoms with Gasteiger partial charge < -0.3 is 15.7 Å². The van der Waals surface area contributed by atoms with Gasteiger partial charge in [0.15, 0.2) is 0 Å². The molecule has 6 nitrogen and oxygen atoms in total. The van der Waals surface area contributed by atoms with Crippen molar-refractivity contribution in [2.75, 3.05) is 0 Å². The Balaban J connectivity index is 2.15. The number of amides is 2. The third-order valence-electron chi connectivity index (χ3n) is 4.02. The second kappa shape index (κ2) is 9.59. The zero-order valence-electron chi connectivity index (χ0n) is 15.1. The van der Waals surface area contributed by atoms with Gasteiger partial charge in [0.1, 0.15) is 23.7 Å². The Hall–Kier alpha value is -3.29. The molecule has 2 aromatic rings. The first-order chi connectivity index (χ1) is 13.3. The number of nitrogens with one attached hydrogen (secondary N) is 2. The average Bonchev–Trinajstić information content (AvgIpc) is 2.61. The molecule has 2 amide bonds. The van der Waals surface area contributed by atoms with Crippen LogP contribution >= 0.6 is 0 Å². The summed E-state index contributed by atoms with van der Waals surface area (Å²) in [5.74, 6) is -3.69. The molecule has 8 heteroatoms. The lowest BCUT2D eigenvalue weighted by Gasteiger charge is -2.21. The first-order valence-corrected chi connectivity index (χ1v) is 8.54. The monoisotopic (exact) mass is 390 g/mol. The van der Waals surface area contributed by atoms with E-state index in [0.29, 0.717) is 5.56 Å². The average molecular weight is 390 g/mol. The molecule has 0 fully saturated rings. The van der Waals surface area contributed by atoms with Crippen molar-refractivity contribution in [1.82, 2.24) is 10.6 Å². The highest BCUT2D eigenvalue weighted by Gasteiger charge is 2.27. The number of carboxylic acids is 1. The second-order valence-corrected chi connectivity index (χ2v) is 6.28. The molecular formula is C20H20F2N2O4. The minimum absolute atomic E-state index is 0.0325. The molecule has 0 radical (unpaired) electrons. The minimum atomic E-state index is -1.40. The number of hydrogen-bond acceptors (Lipinski definition) is 3. The number of carboxylic acid groups (broad SMARTS) is 1. The fourth-order valence-electron chi connectivity index (χ4n) is 2.71. The molecule has 148 valence electrons. The van der Waals surface area contributed by atoms with E-state index >= 15 is 0 Å². The van der Waals surface area contributed by atoms with E-state index in [1.54, 1.807) is 12.1 Å². The molecule has 0 aliphatic heterocycles. The maximum atomic E-state index is 13.8. The molecule has 0 aliphatic rings. The van der Waals surface area contributed by atoms with Crippen molar-refractivity contribution in [3.63, 3.8) is 0 Å². The zero-order chi connectivity index (χ0) is 20.7. The molecule has 0 saturated carbocycles. The summed E-state index contributed by atoms with van der Waals surface area (Å²) >= 11 is 0. The second-order valence-electron chi connectivity index (χ2n) is 6.28. The van der Waals surface area contributed by atoms with Crippen molar-refractivity contribution in [2.45, 2.75) is 31.8 Å². The van der Waals surface area contributed by atoms with E-state index < -0.39 is 41.5 Å². The molecule has 3 N–H and O–H groups in total. The van der Waals surface area contributed by atoms with Gasteiger partial charge in [-0.2, -0.15) is 0 Å². The molecule has 2 aromatic carbocycles. The zero-order valence-corrected chi connectivity index (χ0v) is 15.1. The van der Waals surface area contributed by atoms with Crippen LogP contribution in [-0.2, 0) is 27.2 Å². The van der Waals surface area contributed by atoms with Gasteiger partial charge >= 0.3 is 5.97 Å². The standard InChI is InChI=1S/C20H20F2N2O4/c1-12(25)23-17(10-13-5-4-7-15(21)9-13)19(26)24-18(20(27)28)11-14-6-2-3-8-16(14)22/h2-9,17-18H,10-11H2,1H3,(H,23,25)(H,24,26)(H,27,28)/t17-,18+/m0/s1. The van der Waals surface area contributed by atoms with Crippen LogP contribution in [0.2, 0.25) is 0 Å². The van der Waals surface area contributed by atoms with E-state index in [-0.39, 0.29) is 18.4 Å². The summed E-state index contributed by atoms with van der Waals surface area (Å²) in [7, 11) is 0. The molecule has 0 spiro atoms. The molecule has 2 rings (SSSR count). The van der Waals surface area contributed by atoms with Crippen LogP contribution in [0.15, 0.2) is 48.5 Å². The number of halogens is 2. The molecule has 0 aliphatic carbocycles. The molecule has 2 atom stereocenters. The molecule has 0 saturated heterocycles. The third kappa shape index (κ3) is 6.15. The Labute approximate surface area is 160 Å². The number of carbonyl (C=O) groups excluding carboxylic acids is 2. The van der Waals surface area contributed by atoms with Crippen molar-refractivity contribution in [1.29, 1.82) is 0 Å². The Morgan fingerprint density at radius 2 is 1.68 bits per heavy atom. The fourth-order valence-corrected chi connectivity index (χ4v) is 2.71. The van der Waals surface area contributed by atoms with Gasteiger partial charge in [-0.1, -0.05) is 30.3 Å². The highest BCUT2D eigenvalue weighted by atomic mass is 19.1. The first kappa shape index (κ1) is 21.0. The summed E-state index contributed by atoms with van der Waals surface area (Å²) in [6.07, 6.45) is -0.296. The smallest absolute Gasteiger partial charge is 0.326 e. The van der Waals surface area contributed by atoms with E-state index in [4.69, 9.17) is 0 Å². The van der Waals surface area contributed by atoms with Gasteiger partial charge in [-0.05, 0) is 29.3 Å². The normalized spacial score (nSPS) is 12.7. The van der Waals surface area contributed by atoms with E-state index in [0.717, 1.165) is 0 Å². The highest BCUT2D eigenvalue weighted by molar-refractivity contribution is 5.90. The quantitative estimate of drug-likeness (QED) is 0.641. The molecule has 0 aromatic heterocycles. The lowest BCUT2D eigenvalue weighted by atomic mass is 10.0. The maximum absolute atomic E-state index is 13.8. The predicted octanol–water partition coefficient (Wildman–Crippen LogP) is 1.82. The predicted molar refractivity (Wildman–Crippen MR) is 97.4 cm³/mol. The topological polar surface area (TPSA) is 95.5 Å². The molecule has 0 unspecified atom stereocenters. The van der Waals surface area contributed by atoms with Crippen LogP contribution in [0.5, 0.6) is 0 Å². The molecule has 0 bridgehead atoms. The molecule has 0 heterocycles. The summed E-state index contributed by atoms with van der Waals surface area (Å²) in [5.41, 5.74) is 0.589. The van der Waals surface area contributed by atoms with Gasteiger partial charge in [-0.3, -0.25) is 9.59 Å². The molecular weight excluding hydrogens is 370 g/mol. The third-order valence-corrected chi connectivity index (χ3v) is 4.02. The van der Waals surface area contributed by atoms with Gasteiger partial charge in [-0.25, -0.2) is 13.6 Å². The summed E-state index contributed by atoms with van der Waals surface area (Å²) in [6, 6.07) is 8.65. The van der Waals surface area contributed by atoms with Gasteiger partial charge in [0.05, 0.1) is 0 Å². The molecule has 28 heavy (non-hydrogen) atoms. The number of benzene rings is 2. The Kier molecular flexibility index (Phi) is 7.20. The van der Waals surface area contributed by atoms with Crippen molar-refractivity contribution in [3.8, 4) is 0 Å². The number of carbonyl (C=O) groups is 3. The lowest BCUT2D eigenvalue weighted by molar-refractivity contribution is -0.142. The van der Waals surface area contributed by atoms with E-state index in [1.807, 2.05) is 0 Å². The van der Waals surface area contributed by atoms with Gasteiger partial charge in [0.25, 0.3) is 0 Å².